The predicted octanol–water partition coefficient (Wildman–Crippen LogP) is 4.71. The molecular formula is C16H31BO3Si. The van der Waals surface area contributed by atoms with Crippen molar-refractivity contribution in [3.63, 3.8) is 0 Å². The van der Waals surface area contributed by atoms with Crippen molar-refractivity contribution in [3.8, 4) is 0 Å². The molecule has 3 nitrogen and oxygen atoms in total. The third kappa shape index (κ3) is 4.24. The van der Waals surface area contributed by atoms with E-state index in [9.17, 15) is 0 Å². The van der Waals surface area contributed by atoms with Gasteiger partial charge in [0.1, 0.15) is 0 Å². The minimum Gasteiger partial charge on any atom is -0.544 e. The molecule has 1 aliphatic heterocycles. The Bertz CT molecular complexity index is 376. The van der Waals surface area contributed by atoms with Gasteiger partial charge in [0.15, 0.2) is 0 Å². The van der Waals surface area contributed by atoms with Crippen LogP contribution in [0.4, 0.5) is 0 Å². The molecule has 0 aromatic rings. The highest BCUT2D eigenvalue weighted by Crippen LogP contribution is 2.37. The summed E-state index contributed by atoms with van der Waals surface area (Å²) >= 11 is 0. The molecule has 1 heterocycles. The molecule has 1 rings (SSSR count). The summed E-state index contributed by atoms with van der Waals surface area (Å²) in [5.41, 5.74) is -0.613. The summed E-state index contributed by atoms with van der Waals surface area (Å²) in [6.07, 6.45) is 1.89. The highest BCUT2D eigenvalue weighted by Gasteiger charge is 2.50. The van der Waals surface area contributed by atoms with Crippen molar-refractivity contribution in [1.82, 2.24) is 0 Å². The van der Waals surface area contributed by atoms with Crippen LogP contribution in [-0.2, 0) is 13.7 Å². The molecule has 0 aliphatic carbocycles. The summed E-state index contributed by atoms with van der Waals surface area (Å²) < 4.78 is 18.1. The Morgan fingerprint density at radius 2 is 1.48 bits per heavy atom. The smallest absolute Gasteiger partial charge is 0.487 e. The van der Waals surface area contributed by atoms with Gasteiger partial charge in [-0.05, 0) is 51.9 Å². The van der Waals surface area contributed by atoms with Crippen LogP contribution < -0.4 is 0 Å². The Labute approximate surface area is 132 Å². The Morgan fingerprint density at radius 3 is 1.86 bits per heavy atom. The average molecular weight is 310 g/mol. The second-order valence-electron chi connectivity index (χ2n) is 6.80. The lowest BCUT2D eigenvalue weighted by Gasteiger charge is -2.32. The van der Waals surface area contributed by atoms with Gasteiger partial charge in [0, 0.05) is 0 Å². The van der Waals surface area contributed by atoms with Crippen LogP contribution in [0.3, 0.4) is 0 Å². The normalized spacial score (nSPS) is 21.0. The topological polar surface area (TPSA) is 27.7 Å². The number of rotatable bonds is 7. The lowest BCUT2D eigenvalue weighted by atomic mass is 9.90. The van der Waals surface area contributed by atoms with E-state index in [2.05, 4.69) is 55.0 Å². The molecule has 0 bridgehead atoms. The fourth-order valence-corrected chi connectivity index (χ4v) is 4.99. The van der Waals surface area contributed by atoms with E-state index < -0.39 is 8.32 Å². The van der Waals surface area contributed by atoms with Gasteiger partial charge in [-0.3, -0.25) is 0 Å². The third-order valence-electron chi connectivity index (χ3n) is 4.99. The summed E-state index contributed by atoms with van der Waals surface area (Å²) in [6, 6.07) is 3.34. The fraction of sp³-hybridized carbons (Fsp3) is 0.750. The lowest BCUT2D eigenvalue weighted by molar-refractivity contribution is 0.00578. The van der Waals surface area contributed by atoms with Gasteiger partial charge in [0.05, 0.1) is 17.0 Å². The second kappa shape index (κ2) is 6.71. The number of allylic oxidation sites excluding steroid dienone is 1. The van der Waals surface area contributed by atoms with Gasteiger partial charge in [-0.2, -0.15) is 0 Å². The van der Waals surface area contributed by atoms with Gasteiger partial charge < -0.3 is 13.7 Å². The van der Waals surface area contributed by atoms with Gasteiger partial charge in [-0.25, -0.2) is 0 Å². The highest BCUT2D eigenvalue weighted by atomic mass is 28.4. The van der Waals surface area contributed by atoms with Gasteiger partial charge in [0.25, 0.3) is 0 Å². The average Bonchev–Trinajstić information content (AvgIpc) is 2.62. The molecule has 1 saturated heterocycles. The van der Waals surface area contributed by atoms with Crippen molar-refractivity contribution >= 4 is 15.4 Å². The number of hydrogen-bond donors (Lipinski definition) is 0. The Hall–Kier alpha value is -0.518. The largest absolute Gasteiger partial charge is 0.544 e. The van der Waals surface area contributed by atoms with E-state index in [1.54, 1.807) is 0 Å². The highest BCUT2D eigenvalue weighted by molar-refractivity contribution is 6.73. The third-order valence-corrected chi connectivity index (χ3v) is 9.55. The van der Waals surface area contributed by atoms with Crippen molar-refractivity contribution in [2.24, 2.45) is 0 Å². The van der Waals surface area contributed by atoms with E-state index in [-0.39, 0.29) is 18.3 Å². The first-order valence-corrected chi connectivity index (χ1v) is 10.6. The molecule has 0 spiro atoms. The molecule has 0 aromatic heterocycles. The van der Waals surface area contributed by atoms with E-state index in [4.69, 9.17) is 13.7 Å². The summed E-state index contributed by atoms with van der Waals surface area (Å²) in [5, 5.41) is 0. The van der Waals surface area contributed by atoms with E-state index in [1.807, 2.05) is 12.1 Å². The van der Waals surface area contributed by atoms with E-state index in [1.165, 1.54) is 0 Å². The molecule has 1 fully saturated rings. The molecule has 0 amide bonds. The summed E-state index contributed by atoms with van der Waals surface area (Å²) in [7, 11) is -1.98. The van der Waals surface area contributed by atoms with Gasteiger partial charge in [0.2, 0.25) is 8.32 Å². The zero-order valence-electron chi connectivity index (χ0n) is 14.8. The van der Waals surface area contributed by atoms with Crippen LogP contribution in [0.5, 0.6) is 0 Å². The molecule has 120 valence electrons. The minimum absolute atomic E-state index is 0.307. The minimum atomic E-state index is -1.65. The van der Waals surface area contributed by atoms with Crippen molar-refractivity contribution in [2.75, 3.05) is 0 Å². The zero-order chi connectivity index (χ0) is 16.3. The van der Waals surface area contributed by atoms with Crippen molar-refractivity contribution in [1.29, 1.82) is 0 Å². The molecular weight excluding hydrogens is 279 g/mol. The van der Waals surface area contributed by atoms with Crippen molar-refractivity contribution in [2.45, 2.75) is 77.8 Å². The van der Waals surface area contributed by atoms with E-state index in [0.717, 1.165) is 23.9 Å². The summed E-state index contributed by atoms with van der Waals surface area (Å²) in [6.45, 7) is 18.9. The monoisotopic (exact) mass is 310 g/mol. The van der Waals surface area contributed by atoms with Crippen LogP contribution in [0.2, 0.25) is 18.1 Å². The second-order valence-corrected chi connectivity index (χ2v) is 11.5. The molecule has 0 saturated carbocycles. The van der Waals surface area contributed by atoms with Crippen LogP contribution >= 0.6 is 0 Å². The van der Waals surface area contributed by atoms with Crippen LogP contribution in [0, 0.1) is 0 Å². The molecule has 1 aliphatic rings. The summed E-state index contributed by atoms with van der Waals surface area (Å²) in [5.74, 6) is 2.63. The Morgan fingerprint density at radius 1 is 1.05 bits per heavy atom. The Balaban J connectivity index is 2.64. The van der Waals surface area contributed by atoms with Gasteiger partial charge in [-0.15, -0.1) is 0 Å². The first kappa shape index (κ1) is 18.5. The molecule has 5 heteroatoms. The van der Waals surface area contributed by atoms with Crippen molar-refractivity contribution in [3.05, 3.63) is 24.4 Å². The standard InChI is InChI=1S/C16H31BO3Si/c1-9-21(10-2,11-3)18-14(4)12-13-17-19-15(5,6)16(7,8)20-17/h12-13H,4,9-11H2,1-3,5-8H3/b13-12+. The van der Waals surface area contributed by atoms with Crippen LogP contribution in [-0.4, -0.2) is 26.6 Å². The Kier molecular flexibility index (Phi) is 5.92. The SMILES string of the molecule is C=C(/C=C/B1OC(C)(C)C(C)(C)O1)O[Si](CC)(CC)CC. The summed E-state index contributed by atoms with van der Waals surface area (Å²) in [4.78, 5) is 0. The number of hydrogen-bond acceptors (Lipinski definition) is 3. The van der Waals surface area contributed by atoms with Gasteiger partial charge >= 0.3 is 7.12 Å². The molecule has 0 N–H and O–H groups in total. The van der Waals surface area contributed by atoms with E-state index >= 15 is 0 Å². The lowest BCUT2D eigenvalue weighted by Crippen LogP contribution is -2.41. The maximum absolute atomic E-state index is 6.20. The van der Waals surface area contributed by atoms with Crippen LogP contribution in [0.15, 0.2) is 24.4 Å². The quantitative estimate of drug-likeness (QED) is 0.387. The van der Waals surface area contributed by atoms with Crippen molar-refractivity contribution < 1.29 is 13.7 Å². The molecule has 0 radical (unpaired) electrons. The molecule has 0 unspecified atom stereocenters. The maximum atomic E-state index is 6.20. The van der Waals surface area contributed by atoms with Gasteiger partial charge in [-0.1, -0.05) is 33.3 Å². The van der Waals surface area contributed by atoms with Crippen LogP contribution in [0.1, 0.15) is 48.5 Å². The zero-order valence-corrected chi connectivity index (χ0v) is 15.8. The predicted molar refractivity (Wildman–Crippen MR) is 92.6 cm³/mol. The fourth-order valence-electron chi connectivity index (χ4n) is 2.43. The molecule has 0 atom stereocenters. The molecule has 21 heavy (non-hydrogen) atoms. The van der Waals surface area contributed by atoms with E-state index in [0.29, 0.717) is 0 Å². The maximum Gasteiger partial charge on any atom is 0.487 e. The molecule has 0 aromatic carbocycles. The first-order chi connectivity index (χ1) is 9.61. The first-order valence-electron chi connectivity index (χ1n) is 8.03. The van der Waals surface area contributed by atoms with Crippen LogP contribution in [0.25, 0.3) is 0 Å².